The normalized spacial score (nSPS) is 16.1. The Kier molecular flexibility index (Phi) is 5.85. The number of hydrogen-bond acceptors (Lipinski definition) is 3. The minimum atomic E-state index is -1.36. The molecular weight excluding hydrogens is 475 g/mol. The van der Waals surface area contributed by atoms with E-state index in [1.165, 1.54) is 12.1 Å². The summed E-state index contributed by atoms with van der Waals surface area (Å²) in [6.07, 6.45) is 1.99. The molecule has 0 bridgehead atoms. The quantitative estimate of drug-likeness (QED) is 0.269. The van der Waals surface area contributed by atoms with Gasteiger partial charge in [-0.05, 0) is 66.0 Å². The first kappa shape index (κ1) is 20.2. The van der Waals surface area contributed by atoms with Gasteiger partial charge >= 0.3 is 0 Å². The van der Waals surface area contributed by atoms with E-state index in [0.29, 0.717) is 28.9 Å². The highest BCUT2D eigenvalue weighted by Crippen LogP contribution is 2.46. The van der Waals surface area contributed by atoms with Crippen molar-refractivity contribution in [3.63, 3.8) is 0 Å². The predicted octanol–water partition coefficient (Wildman–Crippen LogP) is 5.55. The van der Waals surface area contributed by atoms with Gasteiger partial charge in [0.1, 0.15) is 11.5 Å². The van der Waals surface area contributed by atoms with Gasteiger partial charge < -0.3 is 15.7 Å². The average molecular weight is 494 g/mol. The summed E-state index contributed by atoms with van der Waals surface area (Å²) in [5.74, 6) is -4.31. The smallest absolute Gasteiger partial charge is 0.184 e. The van der Waals surface area contributed by atoms with Crippen molar-refractivity contribution in [2.75, 3.05) is 17.2 Å². The zero-order valence-corrected chi connectivity index (χ0v) is 16.7. The highest BCUT2D eigenvalue weighted by molar-refractivity contribution is 14.1. The van der Waals surface area contributed by atoms with E-state index >= 15 is 0 Å². The second-order valence-corrected chi connectivity index (χ2v) is 8.30. The third kappa shape index (κ3) is 4.48. The van der Waals surface area contributed by atoms with Crippen LogP contribution in [0.3, 0.4) is 0 Å². The molecule has 146 valence electrons. The molecule has 3 N–H and O–H groups in total. The first-order valence-electron chi connectivity index (χ1n) is 8.53. The van der Waals surface area contributed by atoms with Crippen LogP contribution in [0.5, 0.6) is 0 Å². The Labute approximate surface area is 168 Å². The number of hydrogen-bond donors (Lipinski definition) is 3. The van der Waals surface area contributed by atoms with Crippen molar-refractivity contribution in [3.05, 3.63) is 51.1 Å². The fraction of sp³-hybridized carbons (Fsp3) is 0.368. The largest absolute Gasteiger partial charge is 0.396 e. The lowest BCUT2D eigenvalue weighted by Crippen LogP contribution is -2.26. The lowest BCUT2D eigenvalue weighted by atomic mass is 10.00. The molecule has 0 saturated heterocycles. The Balaban J connectivity index is 1.97. The van der Waals surface area contributed by atoms with Crippen LogP contribution in [0.2, 0.25) is 0 Å². The Morgan fingerprint density at radius 2 is 1.78 bits per heavy atom. The van der Waals surface area contributed by atoms with Gasteiger partial charge in [0, 0.05) is 21.8 Å². The highest BCUT2D eigenvalue weighted by atomic mass is 127. The van der Waals surface area contributed by atoms with Crippen molar-refractivity contribution < 1.29 is 22.7 Å². The molecule has 1 fully saturated rings. The van der Waals surface area contributed by atoms with Crippen molar-refractivity contribution in [2.45, 2.75) is 31.7 Å². The molecule has 0 aromatic heterocycles. The van der Waals surface area contributed by atoms with Crippen LogP contribution >= 0.6 is 22.6 Å². The molecule has 8 heteroatoms. The summed E-state index contributed by atoms with van der Waals surface area (Å²) in [6.45, 7) is 1.83. The van der Waals surface area contributed by atoms with Crippen LogP contribution in [0.25, 0.3) is 0 Å². The van der Waals surface area contributed by atoms with Gasteiger partial charge in [-0.25, -0.2) is 17.6 Å². The lowest BCUT2D eigenvalue weighted by Gasteiger charge is -2.24. The van der Waals surface area contributed by atoms with E-state index in [-0.39, 0.29) is 23.9 Å². The van der Waals surface area contributed by atoms with Crippen molar-refractivity contribution in [2.24, 2.45) is 5.92 Å². The van der Waals surface area contributed by atoms with Crippen LogP contribution in [0.15, 0.2) is 24.3 Å². The first-order chi connectivity index (χ1) is 12.7. The number of aliphatic hydroxyl groups excluding tert-OH is 1. The molecule has 0 unspecified atom stereocenters. The molecule has 0 radical (unpaired) electrons. The summed E-state index contributed by atoms with van der Waals surface area (Å²) >= 11 is 1.92. The van der Waals surface area contributed by atoms with E-state index in [2.05, 4.69) is 10.6 Å². The van der Waals surface area contributed by atoms with E-state index in [4.69, 9.17) is 0 Å². The Morgan fingerprint density at radius 3 is 2.37 bits per heavy atom. The Hall–Kier alpha value is -1.55. The molecule has 0 aliphatic heterocycles. The van der Waals surface area contributed by atoms with E-state index < -0.39 is 34.5 Å². The van der Waals surface area contributed by atoms with Crippen molar-refractivity contribution >= 4 is 39.7 Å². The van der Waals surface area contributed by atoms with Gasteiger partial charge in [-0.1, -0.05) is 6.92 Å². The second kappa shape index (κ2) is 7.83. The minimum Gasteiger partial charge on any atom is -0.396 e. The van der Waals surface area contributed by atoms with E-state index in [0.717, 1.165) is 0 Å². The van der Waals surface area contributed by atoms with Crippen LogP contribution < -0.4 is 10.6 Å². The zero-order chi connectivity index (χ0) is 19.8. The van der Waals surface area contributed by atoms with Crippen molar-refractivity contribution in [3.8, 4) is 0 Å². The van der Waals surface area contributed by atoms with Crippen LogP contribution in [-0.2, 0) is 0 Å². The molecule has 1 saturated carbocycles. The minimum absolute atomic E-state index is 0.0251. The maximum Gasteiger partial charge on any atom is 0.184 e. The van der Waals surface area contributed by atoms with Crippen LogP contribution in [0.1, 0.15) is 26.2 Å². The summed E-state index contributed by atoms with van der Waals surface area (Å²) in [5, 5.41) is 14.7. The fourth-order valence-electron chi connectivity index (χ4n) is 3.09. The van der Waals surface area contributed by atoms with Gasteiger partial charge in [-0.15, -0.1) is 0 Å². The van der Waals surface area contributed by atoms with Crippen LogP contribution in [-0.4, -0.2) is 17.3 Å². The molecule has 27 heavy (non-hydrogen) atoms. The van der Waals surface area contributed by atoms with E-state index in [9.17, 15) is 22.7 Å². The van der Waals surface area contributed by atoms with Crippen LogP contribution in [0, 0.1) is 32.8 Å². The third-order valence-corrected chi connectivity index (χ3v) is 5.33. The number of benzene rings is 2. The Morgan fingerprint density at radius 1 is 1.07 bits per heavy atom. The van der Waals surface area contributed by atoms with Gasteiger partial charge in [0.05, 0.1) is 11.4 Å². The second-order valence-electron chi connectivity index (χ2n) is 7.05. The number of rotatable bonds is 7. The third-order valence-electron chi connectivity index (χ3n) is 4.66. The zero-order valence-electron chi connectivity index (χ0n) is 14.6. The fourth-order valence-corrected chi connectivity index (χ4v) is 3.54. The summed E-state index contributed by atoms with van der Waals surface area (Å²) in [5.41, 5.74) is -1.30. The maximum atomic E-state index is 14.5. The highest BCUT2D eigenvalue weighted by Gasteiger charge is 2.44. The Bertz CT molecular complexity index is 858. The van der Waals surface area contributed by atoms with Crippen molar-refractivity contribution in [1.29, 1.82) is 0 Å². The lowest BCUT2D eigenvalue weighted by molar-refractivity contribution is 0.223. The molecule has 3 nitrogen and oxygen atoms in total. The molecule has 1 aliphatic rings. The number of aliphatic hydroxyl groups is 1. The number of halogens is 5. The molecule has 0 amide bonds. The predicted molar refractivity (Wildman–Crippen MR) is 105 cm³/mol. The molecule has 0 spiro atoms. The number of anilines is 3. The van der Waals surface area contributed by atoms with Gasteiger partial charge in [0.25, 0.3) is 0 Å². The monoisotopic (exact) mass is 494 g/mol. The standard InChI is InChI=1S/C19H19F4IN2O/c1-10(9-27)8-19(4-5-19)26-17-14(22)7-13(21)16(23)18(17)25-15-3-2-11(24)6-12(15)20/h2-3,6-7,10,25-27H,4-5,8-9H2,1H3/t10-/m0/s1. The number of nitrogens with one attached hydrogen (secondary N) is 2. The molecule has 1 atom stereocenters. The van der Waals surface area contributed by atoms with Gasteiger partial charge in [-0.3, -0.25) is 0 Å². The first-order valence-corrected chi connectivity index (χ1v) is 9.61. The van der Waals surface area contributed by atoms with Crippen molar-refractivity contribution in [1.82, 2.24) is 0 Å². The molecule has 1 aliphatic carbocycles. The van der Waals surface area contributed by atoms with E-state index in [1.807, 2.05) is 29.5 Å². The SMILES string of the molecule is C[C@H](CO)CC1(Nc2c(F)cc(F)c(F)c2Nc2ccc(I)cc2F)CC1. The summed E-state index contributed by atoms with van der Waals surface area (Å²) < 4.78 is 57.5. The molecular formula is C19H19F4IN2O. The molecule has 0 heterocycles. The van der Waals surface area contributed by atoms with Gasteiger partial charge in [0.2, 0.25) is 0 Å². The summed E-state index contributed by atoms with van der Waals surface area (Å²) in [7, 11) is 0. The topological polar surface area (TPSA) is 44.3 Å². The van der Waals surface area contributed by atoms with Gasteiger partial charge in [-0.2, -0.15) is 0 Å². The molecule has 2 aromatic carbocycles. The molecule has 2 aromatic rings. The summed E-state index contributed by atoms with van der Waals surface area (Å²) in [4.78, 5) is 0. The summed E-state index contributed by atoms with van der Waals surface area (Å²) in [6, 6.07) is 4.68. The maximum absolute atomic E-state index is 14.5. The molecule has 3 rings (SSSR count). The van der Waals surface area contributed by atoms with E-state index in [1.54, 1.807) is 6.07 Å². The van der Waals surface area contributed by atoms with Crippen LogP contribution in [0.4, 0.5) is 34.6 Å². The average Bonchev–Trinajstić information content (AvgIpc) is 3.37. The van der Waals surface area contributed by atoms with Gasteiger partial charge in [0.15, 0.2) is 17.5 Å².